The second-order valence-electron chi connectivity index (χ2n) is 6.35. The van der Waals surface area contributed by atoms with Gasteiger partial charge in [-0.1, -0.05) is 26.0 Å². The van der Waals surface area contributed by atoms with Crippen LogP contribution >= 0.6 is 0 Å². The van der Waals surface area contributed by atoms with Gasteiger partial charge in [0.1, 0.15) is 11.6 Å². The van der Waals surface area contributed by atoms with E-state index in [9.17, 15) is 9.18 Å². The molecule has 1 N–H and O–H groups in total. The zero-order valence-corrected chi connectivity index (χ0v) is 12.2. The first-order valence-corrected chi connectivity index (χ1v) is 7.08. The van der Waals surface area contributed by atoms with Crippen LogP contribution in [0.4, 0.5) is 4.39 Å². The first-order valence-electron chi connectivity index (χ1n) is 7.08. The van der Waals surface area contributed by atoms with Crippen LogP contribution in [-0.4, -0.2) is 5.91 Å². The molecule has 0 bridgehead atoms. The standard InChI is InChI=1S/C17H18FNO2/c1-17(2)9-14(12-7-8-21-15(12)10-17)19-16(20)11-5-3-4-6-13(11)18/h3-8,14H,9-10H2,1-2H3,(H,19,20)/t14-/m0/s1. The van der Waals surface area contributed by atoms with Crippen LogP contribution in [0.25, 0.3) is 0 Å². The van der Waals surface area contributed by atoms with Gasteiger partial charge in [-0.25, -0.2) is 4.39 Å². The highest BCUT2D eigenvalue weighted by atomic mass is 19.1. The fraction of sp³-hybridized carbons (Fsp3) is 0.353. The first kappa shape index (κ1) is 13.9. The lowest BCUT2D eigenvalue weighted by Crippen LogP contribution is -2.36. The number of halogens is 1. The molecule has 3 nitrogen and oxygen atoms in total. The maximum atomic E-state index is 13.7. The fourth-order valence-electron chi connectivity index (χ4n) is 2.98. The molecule has 1 atom stereocenters. The number of carbonyl (C=O) groups excluding carboxylic acids is 1. The van der Waals surface area contributed by atoms with E-state index in [1.165, 1.54) is 12.1 Å². The molecule has 0 saturated heterocycles. The third-order valence-electron chi connectivity index (χ3n) is 3.97. The van der Waals surface area contributed by atoms with Crippen LogP contribution in [0.1, 0.15) is 48.0 Å². The second-order valence-corrected chi connectivity index (χ2v) is 6.35. The van der Waals surface area contributed by atoms with Gasteiger partial charge in [0.25, 0.3) is 5.91 Å². The highest BCUT2D eigenvalue weighted by Gasteiger charge is 2.35. The van der Waals surface area contributed by atoms with Crippen molar-refractivity contribution in [1.82, 2.24) is 5.32 Å². The Kier molecular flexibility index (Phi) is 3.32. The van der Waals surface area contributed by atoms with E-state index in [0.29, 0.717) is 0 Å². The van der Waals surface area contributed by atoms with Crippen molar-refractivity contribution < 1.29 is 13.6 Å². The van der Waals surface area contributed by atoms with Gasteiger partial charge in [0.15, 0.2) is 0 Å². The maximum Gasteiger partial charge on any atom is 0.254 e. The number of furan rings is 1. The average molecular weight is 287 g/mol. The molecule has 2 aromatic rings. The molecule has 1 aromatic heterocycles. The Morgan fingerprint density at radius 3 is 2.86 bits per heavy atom. The minimum Gasteiger partial charge on any atom is -0.469 e. The molecular weight excluding hydrogens is 269 g/mol. The zero-order chi connectivity index (χ0) is 15.0. The van der Waals surface area contributed by atoms with Crippen molar-refractivity contribution in [1.29, 1.82) is 0 Å². The number of hydrogen-bond acceptors (Lipinski definition) is 2. The van der Waals surface area contributed by atoms with E-state index in [1.807, 2.05) is 6.07 Å². The number of nitrogens with one attached hydrogen (secondary N) is 1. The van der Waals surface area contributed by atoms with Crippen molar-refractivity contribution in [2.24, 2.45) is 5.41 Å². The number of carbonyl (C=O) groups is 1. The Morgan fingerprint density at radius 1 is 1.33 bits per heavy atom. The van der Waals surface area contributed by atoms with Crippen LogP contribution in [0.2, 0.25) is 0 Å². The van der Waals surface area contributed by atoms with Crippen LogP contribution in [0.3, 0.4) is 0 Å². The van der Waals surface area contributed by atoms with Crippen molar-refractivity contribution in [2.45, 2.75) is 32.7 Å². The predicted octanol–water partition coefficient (Wildman–Crippen LogP) is 3.86. The van der Waals surface area contributed by atoms with Gasteiger partial charge in [-0.2, -0.15) is 0 Å². The quantitative estimate of drug-likeness (QED) is 0.911. The third-order valence-corrected chi connectivity index (χ3v) is 3.97. The molecule has 1 aromatic carbocycles. The van der Waals surface area contributed by atoms with Crippen molar-refractivity contribution >= 4 is 5.91 Å². The van der Waals surface area contributed by atoms with E-state index >= 15 is 0 Å². The highest BCUT2D eigenvalue weighted by molar-refractivity contribution is 5.94. The van der Waals surface area contributed by atoms with Gasteiger partial charge < -0.3 is 9.73 Å². The van der Waals surface area contributed by atoms with E-state index in [2.05, 4.69) is 19.2 Å². The summed E-state index contributed by atoms with van der Waals surface area (Å²) in [4.78, 5) is 12.3. The maximum absolute atomic E-state index is 13.7. The molecule has 1 aliphatic carbocycles. The van der Waals surface area contributed by atoms with Gasteiger partial charge in [0.05, 0.1) is 17.9 Å². The molecular formula is C17H18FNO2. The molecule has 110 valence electrons. The smallest absolute Gasteiger partial charge is 0.254 e. The Hall–Kier alpha value is -2.10. The first-order chi connectivity index (χ1) is 9.96. The molecule has 0 spiro atoms. The predicted molar refractivity (Wildman–Crippen MR) is 77.4 cm³/mol. The van der Waals surface area contributed by atoms with Gasteiger partial charge in [-0.3, -0.25) is 4.79 Å². The summed E-state index contributed by atoms with van der Waals surface area (Å²) in [5.74, 6) is 0.0190. The molecule has 4 heteroatoms. The van der Waals surface area contributed by atoms with Gasteiger partial charge in [0.2, 0.25) is 0 Å². The molecule has 0 unspecified atom stereocenters. The Morgan fingerprint density at radius 2 is 2.10 bits per heavy atom. The molecule has 1 heterocycles. The molecule has 1 amide bonds. The molecule has 0 saturated carbocycles. The fourth-order valence-corrected chi connectivity index (χ4v) is 2.98. The highest BCUT2D eigenvalue weighted by Crippen LogP contribution is 2.41. The van der Waals surface area contributed by atoms with Crippen molar-refractivity contribution in [3.8, 4) is 0 Å². The molecule has 1 aliphatic rings. The number of benzene rings is 1. The molecule has 3 rings (SSSR count). The van der Waals surface area contributed by atoms with Crippen molar-refractivity contribution in [2.75, 3.05) is 0 Å². The molecule has 0 fully saturated rings. The minimum atomic E-state index is -0.502. The van der Waals surface area contributed by atoms with Gasteiger partial charge in [-0.05, 0) is 30.0 Å². The Balaban J connectivity index is 1.86. The summed E-state index contributed by atoms with van der Waals surface area (Å²) < 4.78 is 19.2. The van der Waals surface area contributed by atoms with Crippen LogP contribution < -0.4 is 5.32 Å². The Bertz CT molecular complexity index is 675. The largest absolute Gasteiger partial charge is 0.469 e. The minimum absolute atomic E-state index is 0.0397. The molecule has 0 radical (unpaired) electrons. The summed E-state index contributed by atoms with van der Waals surface area (Å²) in [7, 11) is 0. The van der Waals surface area contributed by atoms with E-state index in [0.717, 1.165) is 24.2 Å². The SMILES string of the molecule is CC1(C)Cc2occc2[C@@H](NC(=O)c2ccccc2F)C1. The summed E-state index contributed by atoms with van der Waals surface area (Å²) in [6, 6.07) is 7.76. The normalized spacial score (nSPS) is 19.9. The number of fused-ring (bicyclic) bond motifs is 1. The van der Waals surface area contributed by atoms with Crippen LogP contribution in [0.15, 0.2) is 41.0 Å². The summed E-state index contributed by atoms with van der Waals surface area (Å²) in [6.07, 6.45) is 3.30. The third kappa shape index (κ3) is 2.71. The van der Waals surface area contributed by atoms with E-state index in [4.69, 9.17) is 4.42 Å². The lowest BCUT2D eigenvalue weighted by molar-refractivity contribution is 0.0913. The number of hydrogen-bond donors (Lipinski definition) is 1. The topological polar surface area (TPSA) is 42.2 Å². The molecule has 0 aliphatic heterocycles. The molecule has 21 heavy (non-hydrogen) atoms. The van der Waals surface area contributed by atoms with E-state index < -0.39 is 5.82 Å². The van der Waals surface area contributed by atoms with Crippen LogP contribution in [-0.2, 0) is 6.42 Å². The second kappa shape index (κ2) is 5.02. The summed E-state index contributed by atoms with van der Waals surface area (Å²) in [5, 5.41) is 2.93. The zero-order valence-electron chi connectivity index (χ0n) is 12.2. The summed E-state index contributed by atoms with van der Waals surface area (Å²) in [5.41, 5.74) is 1.11. The van der Waals surface area contributed by atoms with Gasteiger partial charge in [0, 0.05) is 12.0 Å². The van der Waals surface area contributed by atoms with E-state index in [-0.39, 0.29) is 22.9 Å². The van der Waals surface area contributed by atoms with Gasteiger partial charge in [-0.15, -0.1) is 0 Å². The van der Waals surface area contributed by atoms with Crippen LogP contribution in [0.5, 0.6) is 0 Å². The lowest BCUT2D eigenvalue weighted by Gasteiger charge is -2.34. The van der Waals surface area contributed by atoms with E-state index in [1.54, 1.807) is 18.4 Å². The lowest BCUT2D eigenvalue weighted by atomic mass is 9.74. The average Bonchev–Trinajstić information content (AvgIpc) is 2.85. The van der Waals surface area contributed by atoms with Gasteiger partial charge >= 0.3 is 0 Å². The van der Waals surface area contributed by atoms with Crippen molar-refractivity contribution in [3.05, 3.63) is 59.3 Å². The summed E-state index contributed by atoms with van der Waals surface area (Å²) >= 11 is 0. The van der Waals surface area contributed by atoms with Crippen LogP contribution in [0, 0.1) is 11.2 Å². The summed E-state index contributed by atoms with van der Waals surface area (Å²) in [6.45, 7) is 4.28. The number of rotatable bonds is 2. The Labute approximate surface area is 123 Å². The number of amides is 1. The monoisotopic (exact) mass is 287 g/mol. The van der Waals surface area contributed by atoms with Crippen molar-refractivity contribution in [3.63, 3.8) is 0 Å².